The molecule has 0 radical (unpaired) electrons. The van der Waals surface area contributed by atoms with Crippen LogP contribution in [0.25, 0.3) is 10.8 Å². The van der Waals surface area contributed by atoms with Gasteiger partial charge in [-0.1, -0.05) is 24.3 Å². The molecule has 1 saturated heterocycles. The molecule has 0 saturated carbocycles. The van der Waals surface area contributed by atoms with Crippen LogP contribution in [0.5, 0.6) is 5.75 Å². The average molecular weight is 241 g/mol. The van der Waals surface area contributed by atoms with E-state index in [1.54, 1.807) is 7.11 Å². The molecule has 1 atom stereocenters. The Kier molecular flexibility index (Phi) is 2.67. The lowest BCUT2D eigenvalue weighted by Gasteiger charge is -2.12. The Labute approximate surface area is 106 Å². The monoisotopic (exact) mass is 241 g/mol. The minimum atomic E-state index is 0.139. The zero-order chi connectivity index (χ0) is 12.5. The fraction of sp³-hybridized carbons (Fsp3) is 0.267. The number of benzene rings is 2. The first kappa shape index (κ1) is 11.1. The molecule has 18 heavy (non-hydrogen) atoms. The predicted octanol–water partition coefficient (Wildman–Crippen LogP) is 2.45. The molecule has 2 aromatic carbocycles. The minimum Gasteiger partial charge on any atom is -0.497 e. The third-order valence-electron chi connectivity index (χ3n) is 3.54. The fourth-order valence-corrected chi connectivity index (χ4v) is 2.58. The third kappa shape index (κ3) is 1.82. The highest BCUT2D eigenvalue weighted by Gasteiger charge is 2.24. The van der Waals surface area contributed by atoms with Crippen LogP contribution in [0.15, 0.2) is 36.4 Å². The van der Waals surface area contributed by atoms with Crippen LogP contribution in [-0.4, -0.2) is 19.6 Å². The summed E-state index contributed by atoms with van der Waals surface area (Å²) in [6.45, 7) is 0.731. The van der Waals surface area contributed by atoms with Gasteiger partial charge in [0, 0.05) is 18.9 Å². The quantitative estimate of drug-likeness (QED) is 0.877. The summed E-state index contributed by atoms with van der Waals surface area (Å²) in [5.41, 5.74) is 1.23. The van der Waals surface area contributed by atoms with Crippen molar-refractivity contribution in [2.75, 3.05) is 13.7 Å². The van der Waals surface area contributed by atoms with E-state index in [0.717, 1.165) is 12.3 Å². The topological polar surface area (TPSA) is 38.3 Å². The van der Waals surface area contributed by atoms with Gasteiger partial charge in [0.2, 0.25) is 5.91 Å². The first-order valence-electron chi connectivity index (χ1n) is 6.11. The van der Waals surface area contributed by atoms with Crippen molar-refractivity contribution in [1.29, 1.82) is 0 Å². The second-order valence-electron chi connectivity index (χ2n) is 4.64. The van der Waals surface area contributed by atoms with E-state index in [0.29, 0.717) is 6.42 Å². The molecule has 2 aromatic rings. The van der Waals surface area contributed by atoms with Gasteiger partial charge in [0.05, 0.1) is 7.11 Å². The number of hydrogen-bond acceptors (Lipinski definition) is 2. The summed E-state index contributed by atoms with van der Waals surface area (Å²) in [5, 5.41) is 5.26. The van der Waals surface area contributed by atoms with E-state index < -0.39 is 0 Å². The molecular weight excluding hydrogens is 226 g/mol. The molecule has 1 fully saturated rings. The van der Waals surface area contributed by atoms with Crippen LogP contribution in [0.1, 0.15) is 17.9 Å². The molecule has 0 aliphatic carbocycles. The van der Waals surface area contributed by atoms with Gasteiger partial charge in [0.25, 0.3) is 0 Å². The Balaban J connectivity index is 2.13. The average Bonchev–Trinajstić information content (AvgIpc) is 2.84. The van der Waals surface area contributed by atoms with Gasteiger partial charge in [0.15, 0.2) is 0 Å². The Bertz CT molecular complexity index is 606. The van der Waals surface area contributed by atoms with Crippen LogP contribution >= 0.6 is 0 Å². The van der Waals surface area contributed by atoms with Gasteiger partial charge >= 0.3 is 0 Å². The molecule has 0 aromatic heterocycles. The van der Waals surface area contributed by atoms with Gasteiger partial charge in [-0.25, -0.2) is 0 Å². The van der Waals surface area contributed by atoms with Crippen molar-refractivity contribution in [1.82, 2.24) is 5.32 Å². The zero-order valence-electron chi connectivity index (χ0n) is 10.3. The molecule has 0 unspecified atom stereocenters. The van der Waals surface area contributed by atoms with Crippen LogP contribution in [0.2, 0.25) is 0 Å². The normalized spacial score (nSPS) is 18.9. The number of carbonyl (C=O) groups is 1. The highest BCUT2D eigenvalue weighted by Crippen LogP contribution is 2.31. The molecule has 0 bridgehead atoms. The SMILES string of the molecule is COc1ccc2cccc([C@H]3CNC(=O)C3)c2c1. The highest BCUT2D eigenvalue weighted by atomic mass is 16.5. The standard InChI is InChI=1S/C15H15NO2/c1-18-12-6-5-10-3-2-4-13(14(10)8-12)11-7-15(17)16-9-11/h2-6,8,11H,7,9H2,1H3,(H,16,17)/t11-/m1/s1. The lowest BCUT2D eigenvalue weighted by Crippen LogP contribution is -2.13. The third-order valence-corrected chi connectivity index (χ3v) is 3.54. The summed E-state index contributed by atoms with van der Waals surface area (Å²) in [6.07, 6.45) is 0.580. The maximum Gasteiger partial charge on any atom is 0.220 e. The van der Waals surface area contributed by atoms with Gasteiger partial charge in [-0.05, 0) is 28.5 Å². The Morgan fingerprint density at radius 3 is 2.89 bits per heavy atom. The Morgan fingerprint density at radius 1 is 1.28 bits per heavy atom. The first-order chi connectivity index (χ1) is 8.78. The number of hydrogen-bond donors (Lipinski definition) is 1. The summed E-state index contributed by atoms with van der Waals surface area (Å²) in [5.74, 6) is 1.26. The van der Waals surface area contributed by atoms with E-state index in [1.165, 1.54) is 16.3 Å². The number of fused-ring (bicyclic) bond motifs is 1. The molecule has 3 nitrogen and oxygen atoms in total. The Hall–Kier alpha value is -2.03. The number of ether oxygens (including phenoxy) is 1. The number of methoxy groups -OCH3 is 1. The minimum absolute atomic E-state index is 0.139. The van der Waals surface area contributed by atoms with Crippen molar-refractivity contribution in [2.24, 2.45) is 0 Å². The summed E-state index contributed by atoms with van der Waals surface area (Å²) >= 11 is 0. The van der Waals surface area contributed by atoms with Gasteiger partial charge in [-0.3, -0.25) is 4.79 Å². The predicted molar refractivity (Wildman–Crippen MR) is 70.9 cm³/mol. The number of nitrogens with one attached hydrogen (secondary N) is 1. The molecule has 3 rings (SSSR count). The molecule has 3 heteroatoms. The van der Waals surface area contributed by atoms with Gasteiger partial charge in [-0.2, -0.15) is 0 Å². The summed E-state index contributed by atoms with van der Waals surface area (Å²) in [7, 11) is 1.67. The van der Waals surface area contributed by atoms with E-state index in [2.05, 4.69) is 23.5 Å². The second-order valence-corrected chi connectivity index (χ2v) is 4.64. The van der Waals surface area contributed by atoms with E-state index in [1.807, 2.05) is 18.2 Å². The molecule has 1 aliphatic heterocycles. The highest BCUT2D eigenvalue weighted by molar-refractivity contribution is 5.89. The fourth-order valence-electron chi connectivity index (χ4n) is 2.58. The van der Waals surface area contributed by atoms with E-state index >= 15 is 0 Å². The molecule has 1 heterocycles. The number of rotatable bonds is 2. The van der Waals surface area contributed by atoms with Gasteiger partial charge in [0.1, 0.15) is 5.75 Å². The maximum atomic E-state index is 11.4. The van der Waals surface area contributed by atoms with Crippen molar-refractivity contribution in [3.8, 4) is 5.75 Å². The maximum absolute atomic E-state index is 11.4. The molecule has 0 spiro atoms. The molecule has 1 N–H and O–H groups in total. The van der Waals surface area contributed by atoms with Crippen molar-refractivity contribution in [3.05, 3.63) is 42.0 Å². The van der Waals surface area contributed by atoms with Crippen molar-refractivity contribution < 1.29 is 9.53 Å². The second kappa shape index (κ2) is 4.33. The largest absolute Gasteiger partial charge is 0.497 e. The smallest absolute Gasteiger partial charge is 0.220 e. The van der Waals surface area contributed by atoms with Crippen LogP contribution < -0.4 is 10.1 Å². The van der Waals surface area contributed by atoms with Crippen LogP contribution in [0, 0.1) is 0 Å². The number of amides is 1. The summed E-state index contributed by atoms with van der Waals surface area (Å²) in [6, 6.07) is 12.3. The van der Waals surface area contributed by atoms with Gasteiger partial charge < -0.3 is 10.1 Å². The van der Waals surface area contributed by atoms with E-state index in [-0.39, 0.29) is 11.8 Å². The zero-order valence-corrected chi connectivity index (χ0v) is 10.3. The molecule has 1 aliphatic rings. The van der Waals surface area contributed by atoms with Crippen molar-refractivity contribution in [2.45, 2.75) is 12.3 Å². The van der Waals surface area contributed by atoms with Crippen molar-refractivity contribution >= 4 is 16.7 Å². The lowest BCUT2D eigenvalue weighted by molar-refractivity contribution is -0.119. The van der Waals surface area contributed by atoms with Gasteiger partial charge in [-0.15, -0.1) is 0 Å². The Morgan fingerprint density at radius 2 is 2.17 bits per heavy atom. The lowest BCUT2D eigenvalue weighted by atomic mass is 9.92. The van der Waals surface area contributed by atoms with E-state index in [4.69, 9.17) is 4.74 Å². The summed E-state index contributed by atoms with van der Waals surface area (Å²) < 4.78 is 5.28. The summed E-state index contributed by atoms with van der Waals surface area (Å²) in [4.78, 5) is 11.4. The van der Waals surface area contributed by atoms with Crippen LogP contribution in [0.4, 0.5) is 0 Å². The van der Waals surface area contributed by atoms with Crippen LogP contribution in [-0.2, 0) is 4.79 Å². The number of carbonyl (C=O) groups excluding carboxylic acids is 1. The van der Waals surface area contributed by atoms with E-state index in [9.17, 15) is 4.79 Å². The molecular formula is C15H15NO2. The van der Waals surface area contributed by atoms with Crippen LogP contribution in [0.3, 0.4) is 0 Å². The molecule has 1 amide bonds. The van der Waals surface area contributed by atoms with Crippen molar-refractivity contribution in [3.63, 3.8) is 0 Å². The first-order valence-corrected chi connectivity index (χ1v) is 6.11. The molecule has 92 valence electrons.